The van der Waals surface area contributed by atoms with Gasteiger partial charge in [-0.05, 0) is 62.2 Å². The molecule has 0 unspecified atom stereocenters. The molecule has 0 amide bonds. The van der Waals surface area contributed by atoms with Crippen LogP contribution >= 0.6 is 0 Å². The fraction of sp³-hybridized carbons (Fsp3) is 0.368. The van der Waals surface area contributed by atoms with E-state index in [-0.39, 0.29) is 4.90 Å². The third-order valence-electron chi connectivity index (χ3n) is 4.63. The van der Waals surface area contributed by atoms with Gasteiger partial charge in [0.05, 0.1) is 22.0 Å². The Kier molecular flexibility index (Phi) is 5.38. The molecule has 0 aromatic heterocycles. The van der Waals surface area contributed by atoms with Gasteiger partial charge in [-0.2, -0.15) is 0 Å². The van der Waals surface area contributed by atoms with Crippen LogP contribution in [0, 0.1) is 13.8 Å². The van der Waals surface area contributed by atoms with E-state index in [0.29, 0.717) is 11.4 Å². The third kappa shape index (κ3) is 4.11. The molecule has 26 heavy (non-hydrogen) atoms. The van der Waals surface area contributed by atoms with E-state index in [9.17, 15) is 8.42 Å². The molecule has 0 radical (unpaired) electrons. The van der Waals surface area contributed by atoms with E-state index >= 15 is 0 Å². The molecule has 1 fully saturated rings. The van der Waals surface area contributed by atoms with Gasteiger partial charge in [0, 0.05) is 19.6 Å². The molecule has 0 aliphatic carbocycles. The Morgan fingerprint density at radius 3 is 2.65 bits per heavy atom. The summed E-state index contributed by atoms with van der Waals surface area (Å²) in [4.78, 5) is 2.37. The zero-order chi connectivity index (χ0) is 18.7. The Bertz CT molecular complexity index is 888. The van der Waals surface area contributed by atoms with Crippen LogP contribution in [0.3, 0.4) is 0 Å². The number of aryl methyl sites for hydroxylation is 2. The first-order valence-corrected chi connectivity index (χ1v) is 10.3. The number of anilines is 3. The minimum atomic E-state index is -3.69. The summed E-state index contributed by atoms with van der Waals surface area (Å²) in [6, 6.07) is 10.7. The minimum Gasteiger partial charge on any atom is -0.397 e. The van der Waals surface area contributed by atoms with Crippen molar-refractivity contribution in [2.24, 2.45) is 0 Å². The molecule has 2 aromatic carbocycles. The second-order valence-corrected chi connectivity index (χ2v) is 8.42. The van der Waals surface area contributed by atoms with Gasteiger partial charge in [0.2, 0.25) is 0 Å². The fourth-order valence-electron chi connectivity index (χ4n) is 3.12. The molecule has 1 heterocycles. The van der Waals surface area contributed by atoms with Crippen molar-refractivity contribution in [2.45, 2.75) is 25.2 Å². The molecule has 4 N–H and O–H groups in total. The van der Waals surface area contributed by atoms with Crippen LogP contribution in [0.15, 0.2) is 41.3 Å². The van der Waals surface area contributed by atoms with Crippen molar-refractivity contribution in [1.82, 2.24) is 5.32 Å². The lowest BCUT2D eigenvalue weighted by Gasteiger charge is -2.24. The van der Waals surface area contributed by atoms with Crippen LogP contribution < -0.4 is 20.7 Å². The number of nitrogen functional groups attached to an aromatic ring is 1. The first-order valence-electron chi connectivity index (χ1n) is 8.82. The van der Waals surface area contributed by atoms with Crippen molar-refractivity contribution in [3.63, 3.8) is 0 Å². The molecule has 6 nitrogen and oxygen atoms in total. The molecule has 0 atom stereocenters. The Morgan fingerprint density at radius 2 is 1.88 bits per heavy atom. The molecule has 0 bridgehead atoms. The smallest absolute Gasteiger partial charge is 0.261 e. The second kappa shape index (κ2) is 7.55. The summed E-state index contributed by atoms with van der Waals surface area (Å²) >= 11 is 0. The van der Waals surface area contributed by atoms with Gasteiger partial charge in [-0.25, -0.2) is 8.42 Å². The highest BCUT2D eigenvalue weighted by molar-refractivity contribution is 7.92. The molecule has 0 saturated carbocycles. The first-order chi connectivity index (χ1) is 12.4. The van der Waals surface area contributed by atoms with Crippen LogP contribution in [0.4, 0.5) is 17.1 Å². The van der Waals surface area contributed by atoms with E-state index in [2.05, 4.69) is 14.9 Å². The lowest BCUT2D eigenvalue weighted by atomic mass is 10.1. The topological polar surface area (TPSA) is 87.5 Å². The Morgan fingerprint density at radius 1 is 1.08 bits per heavy atom. The largest absolute Gasteiger partial charge is 0.397 e. The molecule has 1 aliphatic rings. The summed E-state index contributed by atoms with van der Waals surface area (Å²) < 4.78 is 28.2. The maximum Gasteiger partial charge on any atom is 0.261 e. The van der Waals surface area contributed by atoms with Crippen LogP contribution in [-0.4, -0.2) is 34.6 Å². The monoisotopic (exact) mass is 374 g/mol. The number of sulfonamides is 1. The number of nitrogens with two attached hydrogens (primary N) is 1. The lowest BCUT2D eigenvalue weighted by Crippen LogP contribution is -2.28. The van der Waals surface area contributed by atoms with Crippen LogP contribution in [0.5, 0.6) is 0 Å². The van der Waals surface area contributed by atoms with E-state index in [1.54, 1.807) is 18.2 Å². The van der Waals surface area contributed by atoms with Gasteiger partial charge < -0.3 is 16.0 Å². The maximum atomic E-state index is 12.8. The maximum absolute atomic E-state index is 12.8. The van der Waals surface area contributed by atoms with Crippen LogP contribution in [0.2, 0.25) is 0 Å². The number of nitrogens with one attached hydrogen (secondary N) is 2. The van der Waals surface area contributed by atoms with Crippen molar-refractivity contribution >= 4 is 27.1 Å². The van der Waals surface area contributed by atoms with Gasteiger partial charge >= 0.3 is 0 Å². The summed E-state index contributed by atoms with van der Waals surface area (Å²) in [5, 5.41) is 3.35. The number of benzene rings is 2. The van der Waals surface area contributed by atoms with Crippen LogP contribution in [0.1, 0.15) is 17.5 Å². The normalized spacial score (nSPS) is 15.5. The number of hydrogen-bond acceptors (Lipinski definition) is 5. The highest BCUT2D eigenvalue weighted by Crippen LogP contribution is 2.28. The highest BCUT2D eigenvalue weighted by Gasteiger charge is 2.19. The predicted molar refractivity (Wildman–Crippen MR) is 107 cm³/mol. The molecule has 140 valence electrons. The second-order valence-electron chi connectivity index (χ2n) is 6.74. The zero-order valence-electron chi connectivity index (χ0n) is 15.2. The van der Waals surface area contributed by atoms with Gasteiger partial charge in [-0.15, -0.1) is 0 Å². The van der Waals surface area contributed by atoms with E-state index in [1.807, 2.05) is 32.0 Å². The van der Waals surface area contributed by atoms with Crippen LogP contribution in [-0.2, 0) is 10.0 Å². The summed E-state index contributed by atoms with van der Waals surface area (Å²) in [5.74, 6) is 0. The van der Waals surface area contributed by atoms with E-state index in [4.69, 9.17) is 5.73 Å². The molecule has 2 aromatic rings. The van der Waals surface area contributed by atoms with E-state index in [1.165, 1.54) is 0 Å². The zero-order valence-corrected chi connectivity index (χ0v) is 16.1. The SMILES string of the molecule is Cc1ccc(C)c(NS(=O)(=O)c2ccc(N3CCCNCC3)c(N)c2)c1. The van der Waals surface area contributed by atoms with Gasteiger partial charge in [0.1, 0.15) is 0 Å². The Hall–Kier alpha value is -2.25. The molecule has 7 heteroatoms. The fourth-order valence-corrected chi connectivity index (χ4v) is 4.28. The summed E-state index contributed by atoms with van der Waals surface area (Å²) in [6.45, 7) is 7.46. The van der Waals surface area contributed by atoms with Gasteiger partial charge in [-0.1, -0.05) is 12.1 Å². The standard InChI is InChI=1S/C19H26N4O2S/c1-14-4-5-15(2)18(12-14)22-26(24,25)16-6-7-19(17(20)13-16)23-10-3-8-21-9-11-23/h4-7,12-13,21-22H,3,8-11,20H2,1-2H3. The molecular formula is C19H26N4O2S. The quantitative estimate of drug-likeness (QED) is 0.716. The molecule has 3 rings (SSSR count). The van der Waals surface area contributed by atoms with Crippen molar-refractivity contribution in [1.29, 1.82) is 0 Å². The summed E-state index contributed by atoms with van der Waals surface area (Å²) in [6.07, 6.45) is 1.04. The number of hydrogen-bond donors (Lipinski definition) is 3. The molecular weight excluding hydrogens is 348 g/mol. The first kappa shape index (κ1) is 18.5. The van der Waals surface area contributed by atoms with E-state index < -0.39 is 10.0 Å². The molecule has 1 aliphatic heterocycles. The van der Waals surface area contributed by atoms with Crippen molar-refractivity contribution in [3.05, 3.63) is 47.5 Å². The van der Waals surface area contributed by atoms with Crippen molar-refractivity contribution in [2.75, 3.05) is 41.5 Å². The van der Waals surface area contributed by atoms with Gasteiger partial charge in [0.15, 0.2) is 0 Å². The number of nitrogens with zero attached hydrogens (tertiary/aromatic N) is 1. The van der Waals surface area contributed by atoms with Crippen LogP contribution in [0.25, 0.3) is 0 Å². The lowest BCUT2D eigenvalue weighted by molar-refractivity contribution is 0.601. The summed E-state index contributed by atoms with van der Waals surface area (Å²) in [5.41, 5.74) is 10.0. The third-order valence-corrected chi connectivity index (χ3v) is 5.99. The van der Waals surface area contributed by atoms with Crippen molar-refractivity contribution < 1.29 is 8.42 Å². The van der Waals surface area contributed by atoms with Gasteiger partial charge in [-0.3, -0.25) is 4.72 Å². The highest BCUT2D eigenvalue weighted by atomic mass is 32.2. The molecule has 0 spiro atoms. The predicted octanol–water partition coefficient (Wildman–Crippen LogP) is 2.49. The van der Waals surface area contributed by atoms with E-state index in [0.717, 1.165) is 49.4 Å². The number of rotatable bonds is 4. The Labute approximate surface area is 155 Å². The minimum absolute atomic E-state index is 0.174. The summed E-state index contributed by atoms with van der Waals surface area (Å²) in [7, 11) is -3.69. The Balaban J connectivity index is 1.86. The van der Waals surface area contributed by atoms with Gasteiger partial charge in [0.25, 0.3) is 10.0 Å². The van der Waals surface area contributed by atoms with Crippen molar-refractivity contribution in [3.8, 4) is 0 Å². The average Bonchev–Trinajstić information content (AvgIpc) is 2.87. The average molecular weight is 375 g/mol. The molecule has 1 saturated heterocycles.